The van der Waals surface area contributed by atoms with E-state index < -0.39 is 12.0 Å². The van der Waals surface area contributed by atoms with E-state index in [9.17, 15) is 9.59 Å². The summed E-state index contributed by atoms with van der Waals surface area (Å²) in [6.45, 7) is 0. The number of aromatic nitrogens is 5. The predicted molar refractivity (Wildman–Crippen MR) is 128 cm³/mol. The summed E-state index contributed by atoms with van der Waals surface area (Å²) in [6, 6.07) is 13.0. The third-order valence-electron chi connectivity index (χ3n) is 5.32. The quantitative estimate of drug-likeness (QED) is 0.372. The Morgan fingerprint density at radius 1 is 1.03 bits per heavy atom. The van der Waals surface area contributed by atoms with Crippen molar-refractivity contribution in [2.45, 2.75) is 18.8 Å². The van der Waals surface area contributed by atoms with Gasteiger partial charge in [-0.15, -0.1) is 0 Å². The Morgan fingerprint density at radius 3 is 2.51 bits per heavy atom. The van der Waals surface area contributed by atoms with E-state index in [1.165, 1.54) is 18.1 Å². The van der Waals surface area contributed by atoms with Gasteiger partial charge in [0, 0.05) is 18.7 Å². The van der Waals surface area contributed by atoms with Crippen molar-refractivity contribution in [3.8, 4) is 11.6 Å². The van der Waals surface area contributed by atoms with Crippen molar-refractivity contribution >= 4 is 29.1 Å². The second-order valence-electron chi connectivity index (χ2n) is 7.88. The van der Waals surface area contributed by atoms with Crippen molar-refractivity contribution in [1.29, 1.82) is 0 Å². The molecule has 11 heteroatoms. The maximum absolute atomic E-state index is 12.9. The Kier molecular flexibility index (Phi) is 6.03. The average Bonchev–Trinajstić information content (AvgIpc) is 3.66. The van der Waals surface area contributed by atoms with Crippen LogP contribution in [0.5, 0.6) is 5.88 Å². The number of carbonyl (C=O) groups excluding carboxylic acids is 2. The van der Waals surface area contributed by atoms with Gasteiger partial charge in [-0.2, -0.15) is 5.10 Å². The lowest BCUT2D eigenvalue weighted by Gasteiger charge is -2.13. The number of benzene rings is 1. The SMILES string of the molecule is CNC(=O)c1nn(-c2ccccc2)cc1NC(=O)Oc1nc(C2CC2)ccc1Nc1cncnc1. The van der Waals surface area contributed by atoms with Gasteiger partial charge < -0.3 is 15.4 Å². The minimum Gasteiger partial charge on any atom is -0.389 e. The molecule has 3 N–H and O–H groups in total. The molecule has 3 aromatic heterocycles. The van der Waals surface area contributed by atoms with Gasteiger partial charge in [0.25, 0.3) is 5.91 Å². The summed E-state index contributed by atoms with van der Waals surface area (Å²) in [4.78, 5) is 37.8. The summed E-state index contributed by atoms with van der Waals surface area (Å²) in [6.07, 6.45) is 7.45. The number of amides is 2. The van der Waals surface area contributed by atoms with Crippen LogP contribution in [0.15, 0.2) is 67.4 Å². The average molecular weight is 470 g/mol. The number of hydrogen-bond donors (Lipinski definition) is 3. The largest absolute Gasteiger partial charge is 0.418 e. The molecule has 1 fully saturated rings. The van der Waals surface area contributed by atoms with Gasteiger partial charge in [-0.1, -0.05) is 18.2 Å². The third-order valence-corrected chi connectivity index (χ3v) is 5.32. The van der Waals surface area contributed by atoms with E-state index in [-0.39, 0.29) is 17.3 Å². The first kappa shape index (κ1) is 22.0. The van der Waals surface area contributed by atoms with E-state index in [1.807, 2.05) is 36.4 Å². The first-order valence-electron chi connectivity index (χ1n) is 11.0. The standard InChI is InChI=1S/C24H22N8O3/c1-25-22(33)21-20(13-32(31-21)17-5-3-2-4-6-17)30-24(34)35-23-19(28-16-11-26-14-27-12-16)10-9-18(29-23)15-7-8-15/h2-6,9-15,28H,7-8H2,1H3,(H,25,33)(H,30,34). The number of para-hydroxylation sites is 1. The number of pyridine rings is 1. The topological polar surface area (TPSA) is 136 Å². The smallest absolute Gasteiger partial charge is 0.389 e. The molecular formula is C24H22N8O3. The number of anilines is 3. The molecule has 1 aliphatic carbocycles. The molecule has 2 amide bonds. The molecule has 0 radical (unpaired) electrons. The molecule has 0 bridgehead atoms. The van der Waals surface area contributed by atoms with E-state index in [1.54, 1.807) is 24.7 Å². The lowest BCUT2D eigenvalue weighted by Crippen LogP contribution is -2.23. The number of hydrogen-bond acceptors (Lipinski definition) is 8. The summed E-state index contributed by atoms with van der Waals surface area (Å²) >= 11 is 0. The minimum absolute atomic E-state index is 0.0489. The highest BCUT2D eigenvalue weighted by Gasteiger charge is 2.27. The maximum Gasteiger partial charge on any atom is 0.418 e. The van der Waals surface area contributed by atoms with Gasteiger partial charge in [-0.3, -0.25) is 10.1 Å². The molecule has 0 spiro atoms. The van der Waals surface area contributed by atoms with Crippen LogP contribution >= 0.6 is 0 Å². The third kappa shape index (κ3) is 5.08. The van der Waals surface area contributed by atoms with Crippen LogP contribution in [0.3, 0.4) is 0 Å². The molecule has 0 atom stereocenters. The highest BCUT2D eigenvalue weighted by molar-refractivity contribution is 6.01. The number of rotatable bonds is 7. The molecule has 3 heterocycles. The first-order valence-corrected chi connectivity index (χ1v) is 11.0. The summed E-state index contributed by atoms with van der Waals surface area (Å²) in [5.41, 5.74) is 2.92. The Labute approximate surface area is 200 Å². The van der Waals surface area contributed by atoms with E-state index in [4.69, 9.17) is 4.74 Å². The van der Waals surface area contributed by atoms with Gasteiger partial charge >= 0.3 is 6.09 Å². The fourth-order valence-corrected chi connectivity index (χ4v) is 3.44. The number of carbonyl (C=O) groups is 2. The lowest BCUT2D eigenvalue weighted by molar-refractivity contribution is 0.0958. The van der Waals surface area contributed by atoms with E-state index in [0.717, 1.165) is 24.2 Å². The van der Waals surface area contributed by atoms with Gasteiger partial charge in [-0.25, -0.2) is 24.4 Å². The predicted octanol–water partition coefficient (Wildman–Crippen LogP) is 3.65. The Morgan fingerprint density at radius 2 is 1.80 bits per heavy atom. The van der Waals surface area contributed by atoms with E-state index >= 15 is 0 Å². The zero-order valence-corrected chi connectivity index (χ0v) is 18.8. The van der Waals surface area contributed by atoms with Crippen molar-refractivity contribution in [2.75, 3.05) is 17.7 Å². The van der Waals surface area contributed by atoms with E-state index in [2.05, 4.69) is 36.0 Å². The monoisotopic (exact) mass is 470 g/mol. The lowest BCUT2D eigenvalue weighted by atomic mass is 10.2. The molecule has 5 rings (SSSR count). The van der Waals surface area contributed by atoms with Crippen molar-refractivity contribution < 1.29 is 14.3 Å². The zero-order chi connectivity index (χ0) is 24.2. The highest BCUT2D eigenvalue weighted by atomic mass is 16.6. The molecular weight excluding hydrogens is 448 g/mol. The molecule has 4 aromatic rings. The van der Waals surface area contributed by atoms with Crippen LogP contribution in [0.4, 0.5) is 21.9 Å². The summed E-state index contributed by atoms with van der Waals surface area (Å²) in [7, 11) is 1.49. The number of nitrogens with zero attached hydrogens (tertiary/aromatic N) is 5. The fraction of sp³-hybridized carbons (Fsp3) is 0.167. The van der Waals surface area contributed by atoms with Crippen LogP contribution in [0, 0.1) is 0 Å². The second-order valence-corrected chi connectivity index (χ2v) is 7.88. The minimum atomic E-state index is -0.810. The van der Waals surface area contributed by atoms with Gasteiger partial charge in [0.2, 0.25) is 5.88 Å². The van der Waals surface area contributed by atoms with Gasteiger partial charge in [0.1, 0.15) is 12.0 Å². The maximum atomic E-state index is 12.9. The van der Waals surface area contributed by atoms with Crippen molar-refractivity contribution in [3.63, 3.8) is 0 Å². The normalized spacial score (nSPS) is 12.6. The Hall–Kier alpha value is -4.80. The van der Waals surface area contributed by atoms with E-state index in [0.29, 0.717) is 17.3 Å². The molecule has 1 aromatic carbocycles. The summed E-state index contributed by atoms with van der Waals surface area (Å²) in [5.74, 6) is 0.0152. The zero-order valence-electron chi connectivity index (χ0n) is 18.8. The Balaban J connectivity index is 1.40. The van der Waals surface area contributed by atoms with Crippen molar-refractivity contribution in [2.24, 2.45) is 0 Å². The highest BCUT2D eigenvalue weighted by Crippen LogP contribution is 2.41. The summed E-state index contributed by atoms with van der Waals surface area (Å²) < 4.78 is 7.10. The number of nitrogens with one attached hydrogen (secondary N) is 3. The van der Waals surface area contributed by atoms with Gasteiger partial charge in [0.15, 0.2) is 5.69 Å². The molecule has 1 saturated carbocycles. The van der Waals surface area contributed by atoms with Gasteiger partial charge in [-0.05, 0) is 37.1 Å². The number of ether oxygens (including phenoxy) is 1. The van der Waals surface area contributed by atoms with Crippen LogP contribution in [0.1, 0.15) is 34.9 Å². The summed E-state index contributed by atoms with van der Waals surface area (Å²) in [5, 5.41) is 12.6. The molecule has 0 saturated heterocycles. The van der Waals surface area contributed by atoms with Crippen LogP contribution in [-0.2, 0) is 0 Å². The molecule has 1 aliphatic rings. The van der Waals surface area contributed by atoms with Crippen LogP contribution in [0.2, 0.25) is 0 Å². The van der Waals surface area contributed by atoms with Crippen molar-refractivity contribution in [3.05, 3.63) is 78.8 Å². The van der Waals surface area contributed by atoms with Crippen molar-refractivity contribution in [1.82, 2.24) is 30.0 Å². The molecule has 0 aliphatic heterocycles. The van der Waals surface area contributed by atoms with Crippen LogP contribution < -0.4 is 20.7 Å². The fourth-order valence-electron chi connectivity index (χ4n) is 3.44. The molecule has 11 nitrogen and oxygen atoms in total. The van der Waals surface area contributed by atoms with Gasteiger partial charge in [0.05, 0.1) is 35.7 Å². The van der Waals surface area contributed by atoms with Crippen LogP contribution in [-0.4, -0.2) is 43.8 Å². The Bertz CT molecular complexity index is 1350. The second kappa shape index (κ2) is 9.59. The van der Waals surface area contributed by atoms with Crippen LogP contribution in [0.25, 0.3) is 5.69 Å². The molecule has 176 valence electrons. The molecule has 0 unspecified atom stereocenters. The molecule has 35 heavy (non-hydrogen) atoms. The first-order chi connectivity index (χ1) is 17.1.